The van der Waals surface area contributed by atoms with Crippen molar-refractivity contribution < 1.29 is 0 Å². The summed E-state index contributed by atoms with van der Waals surface area (Å²) in [6.45, 7) is 7.34. The first-order chi connectivity index (χ1) is 5.33. The van der Waals surface area contributed by atoms with E-state index >= 15 is 0 Å². The Labute approximate surface area is 68.7 Å². The molecule has 0 aromatic heterocycles. The third kappa shape index (κ3) is 1.18. The van der Waals surface area contributed by atoms with Crippen LogP contribution in [0.5, 0.6) is 0 Å². The summed E-state index contributed by atoms with van der Waals surface area (Å²) in [6.07, 6.45) is 2.77. The maximum absolute atomic E-state index is 3.49. The third-order valence-corrected chi connectivity index (χ3v) is 3.57. The molecule has 0 radical (unpaired) electrons. The Morgan fingerprint density at radius 3 is 2.55 bits per heavy atom. The predicted octanol–water partition coefficient (Wildman–Crippen LogP) is 0.595. The molecular weight excluding hydrogens is 136 g/mol. The summed E-state index contributed by atoms with van der Waals surface area (Å²) < 4.78 is 0. The molecule has 2 N–H and O–H groups in total. The zero-order valence-electron chi connectivity index (χ0n) is 7.32. The van der Waals surface area contributed by atoms with Crippen molar-refractivity contribution in [3.05, 3.63) is 0 Å². The van der Waals surface area contributed by atoms with Gasteiger partial charge in [0.2, 0.25) is 0 Å². The Balaban J connectivity index is 2.07. The van der Waals surface area contributed by atoms with E-state index in [1.165, 1.54) is 39.0 Å². The molecule has 0 amide bonds. The first kappa shape index (κ1) is 7.56. The smallest absolute Gasteiger partial charge is 0.00118 e. The van der Waals surface area contributed by atoms with E-state index in [1.807, 2.05) is 0 Å². The molecule has 11 heavy (non-hydrogen) atoms. The van der Waals surface area contributed by atoms with Gasteiger partial charge in [0.05, 0.1) is 0 Å². The van der Waals surface area contributed by atoms with E-state index in [4.69, 9.17) is 0 Å². The van der Waals surface area contributed by atoms with Crippen LogP contribution in [0.3, 0.4) is 0 Å². The summed E-state index contributed by atoms with van der Waals surface area (Å²) in [6, 6.07) is 0. The first-order valence-electron chi connectivity index (χ1n) is 4.75. The van der Waals surface area contributed by atoms with Gasteiger partial charge in [0, 0.05) is 6.54 Å². The van der Waals surface area contributed by atoms with Gasteiger partial charge in [-0.1, -0.05) is 6.92 Å². The second kappa shape index (κ2) is 2.76. The van der Waals surface area contributed by atoms with E-state index < -0.39 is 0 Å². The van der Waals surface area contributed by atoms with E-state index in [1.54, 1.807) is 0 Å². The standard InChI is InChI=1S/C9H18N2/c1-8-6-10-4-2-9(8)3-5-11-7-9/h8,10-11H,2-7H2,1H3. The van der Waals surface area contributed by atoms with Crippen LogP contribution in [0.2, 0.25) is 0 Å². The van der Waals surface area contributed by atoms with Gasteiger partial charge in [-0.25, -0.2) is 0 Å². The zero-order valence-corrected chi connectivity index (χ0v) is 7.32. The van der Waals surface area contributed by atoms with Crippen molar-refractivity contribution in [3.63, 3.8) is 0 Å². The summed E-state index contributed by atoms with van der Waals surface area (Å²) >= 11 is 0. The number of nitrogens with one attached hydrogen (secondary N) is 2. The van der Waals surface area contributed by atoms with Crippen LogP contribution in [-0.4, -0.2) is 26.2 Å². The molecule has 0 aliphatic carbocycles. The lowest BCUT2D eigenvalue weighted by Crippen LogP contribution is -2.44. The van der Waals surface area contributed by atoms with Gasteiger partial charge >= 0.3 is 0 Å². The molecule has 2 heteroatoms. The van der Waals surface area contributed by atoms with Gasteiger partial charge in [0.15, 0.2) is 0 Å². The number of rotatable bonds is 0. The molecule has 0 bridgehead atoms. The van der Waals surface area contributed by atoms with Gasteiger partial charge in [-0.3, -0.25) is 0 Å². The molecule has 2 fully saturated rings. The third-order valence-electron chi connectivity index (χ3n) is 3.57. The van der Waals surface area contributed by atoms with Gasteiger partial charge in [0.1, 0.15) is 0 Å². The average Bonchev–Trinajstić information content (AvgIpc) is 2.46. The summed E-state index contributed by atoms with van der Waals surface area (Å²) in [4.78, 5) is 0. The van der Waals surface area contributed by atoms with Crippen molar-refractivity contribution in [2.75, 3.05) is 26.2 Å². The quantitative estimate of drug-likeness (QED) is 0.534. The lowest BCUT2D eigenvalue weighted by atomic mass is 9.71. The molecule has 2 nitrogen and oxygen atoms in total. The molecule has 2 saturated heterocycles. The maximum atomic E-state index is 3.49. The Morgan fingerprint density at radius 2 is 1.91 bits per heavy atom. The van der Waals surface area contributed by atoms with Gasteiger partial charge in [-0.05, 0) is 43.8 Å². The van der Waals surface area contributed by atoms with Crippen LogP contribution in [0, 0.1) is 11.3 Å². The Hall–Kier alpha value is -0.0800. The Bertz CT molecular complexity index is 138. The van der Waals surface area contributed by atoms with Gasteiger partial charge in [-0.2, -0.15) is 0 Å². The van der Waals surface area contributed by atoms with Crippen LogP contribution in [0.15, 0.2) is 0 Å². The molecule has 0 aromatic rings. The Kier molecular flexibility index (Phi) is 1.90. The minimum absolute atomic E-state index is 0.658. The van der Waals surface area contributed by atoms with Crippen LogP contribution in [0.1, 0.15) is 19.8 Å². The minimum atomic E-state index is 0.658. The van der Waals surface area contributed by atoms with Crippen LogP contribution < -0.4 is 10.6 Å². The van der Waals surface area contributed by atoms with Crippen molar-refractivity contribution in [1.29, 1.82) is 0 Å². The summed E-state index contributed by atoms with van der Waals surface area (Å²) in [5.74, 6) is 0.867. The topological polar surface area (TPSA) is 24.1 Å². The summed E-state index contributed by atoms with van der Waals surface area (Å²) in [7, 11) is 0. The van der Waals surface area contributed by atoms with Gasteiger partial charge < -0.3 is 10.6 Å². The van der Waals surface area contributed by atoms with E-state index in [0.29, 0.717) is 5.41 Å². The molecule has 64 valence electrons. The van der Waals surface area contributed by atoms with Gasteiger partial charge in [0.25, 0.3) is 0 Å². The number of piperidine rings is 1. The molecule has 0 saturated carbocycles. The normalized spacial score (nSPS) is 45.0. The fourth-order valence-corrected chi connectivity index (χ4v) is 2.52. The SMILES string of the molecule is CC1CNCCC12CCNC2. The molecule has 2 heterocycles. The highest BCUT2D eigenvalue weighted by Crippen LogP contribution is 2.38. The van der Waals surface area contributed by atoms with Crippen LogP contribution in [-0.2, 0) is 0 Å². The molecule has 0 aromatic carbocycles. The van der Waals surface area contributed by atoms with E-state index in [9.17, 15) is 0 Å². The lowest BCUT2D eigenvalue weighted by Gasteiger charge is -2.39. The van der Waals surface area contributed by atoms with E-state index in [-0.39, 0.29) is 0 Å². The van der Waals surface area contributed by atoms with Crippen LogP contribution in [0.25, 0.3) is 0 Å². The van der Waals surface area contributed by atoms with E-state index in [2.05, 4.69) is 17.6 Å². The van der Waals surface area contributed by atoms with Crippen molar-refractivity contribution in [2.24, 2.45) is 11.3 Å². The second-order valence-corrected chi connectivity index (χ2v) is 4.14. The zero-order chi connectivity index (χ0) is 7.73. The highest BCUT2D eigenvalue weighted by molar-refractivity contribution is 4.95. The highest BCUT2D eigenvalue weighted by atomic mass is 15.0. The van der Waals surface area contributed by atoms with Crippen molar-refractivity contribution in [3.8, 4) is 0 Å². The molecular formula is C9H18N2. The van der Waals surface area contributed by atoms with Crippen LogP contribution in [0.4, 0.5) is 0 Å². The fraction of sp³-hybridized carbons (Fsp3) is 1.00. The monoisotopic (exact) mass is 154 g/mol. The molecule has 1 spiro atoms. The number of hydrogen-bond donors (Lipinski definition) is 2. The molecule has 2 atom stereocenters. The predicted molar refractivity (Wildman–Crippen MR) is 46.6 cm³/mol. The largest absolute Gasteiger partial charge is 0.316 e. The Morgan fingerprint density at radius 1 is 1.18 bits per heavy atom. The van der Waals surface area contributed by atoms with Crippen molar-refractivity contribution >= 4 is 0 Å². The highest BCUT2D eigenvalue weighted by Gasteiger charge is 2.40. The molecule has 2 unspecified atom stereocenters. The first-order valence-corrected chi connectivity index (χ1v) is 4.75. The second-order valence-electron chi connectivity index (χ2n) is 4.14. The lowest BCUT2D eigenvalue weighted by molar-refractivity contribution is 0.145. The maximum Gasteiger partial charge on any atom is 0.00118 e. The van der Waals surface area contributed by atoms with Crippen molar-refractivity contribution in [1.82, 2.24) is 10.6 Å². The van der Waals surface area contributed by atoms with Crippen molar-refractivity contribution in [2.45, 2.75) is 19.8 Å². The molecule has 2 rings (SSSR count). The molecule has 2 aliphatic rings. The minimum Gasteiger partial charge on any atom is -0.316 e. The number of hydrogen-bond acceptors (Lipinski definition) is 2. The average molecular weight is 154 g/mol. The molecule has 2 aliphatic heterocycles. The summed E-state index contributed by atoms with van der Waals surface area (Å²) in [5, 5.41) is 6.94. The summed E-state index contributed by atoms with van der Waals surface area (Å²) in [5.41, 5.74) is 0.658. The van der Waals surface area contributed by atoms with Gasteiger partial charge in [-0.15, -0.1) is 0 Å². The fourth-order valence-electron chi connectivity index (χ4n) is 2.52. The van der Waals surface area contributed by atoms with E-state index in [0.717, 1.165) is 5.92 Å². The van der Waals surface area contributed by atoms with Crippen LogP contribution >= 0.6 is 0 Å².